The third-order valence-corrected chi connectivity index (χ3v) is 3.99. The van der Waals surface area contributed by atoms with Crippen LogP contribution in [0.4, 0.5) is 0 Å². The number of pyridine rings is 1. The monoisotopic (exact) mass is 273 g/mol. The topological polar surface area (TPSA) is 64.3 Å². The zero-order valence-electron chi connectivity index (χ0n) is 10.2. The Morgan fingerprint density at radius 2 is 2.00 bits per heavy atom. The van der Waals surface area contributed by atoms with Gasteiger partial charge < -0.3 is 0 Å². The van der Waals surface area contributed by atoms with Crippen molar-refractivity contribution in [1.82, 2.24) is 14.6 Å². The minimum Gasteiger partial charge on any atom is -0.224 e. The molecule has 96 valence electrons. The van der Waals surface area contributed by atoms with Gasteiger partial charge in [-0.05, 0) is 29.8 Å². The summed E-state index contributed by atoms with van der Waals surface area (Å²) >= 11 is 0. The molecule has 3 rings (SSSR count). The zero-order valence-corrected chi connectivity index (χ0v) is 11.0. The number of hydrogen-bond acceptors (Lipinski definition) is 4. The molecule has 0 radical (unpaired) electrons. The van der Waals surface area contributed by atoms with Gasteiger partial charge in [-0.15, -0.1) is 0 Å². The van der Waals surface area contributed by atoms with Gasteiger partial charge in [0, 0.05) is 18.0 Å². The molecular formula is C13H11N3O2S. The molecule has 0 saturated carbocycles. The molecular weight excluding hydrogens is 262 g/mol. The summed E-state index contributed by atoms with van der Waals surface area (Å²) in [6, 6.07) is 10.6. The highest BCUT2D eigenvalue weighted by molar-refractivity contribution is 7.90. The Hall–Kier alpha value is -2.21. The first-order valence-electron chi connectivity index (χ1n) is 5.64. The van der Waals surface area contributed by atoms with Gasteiger partial charge in [0.1, 0.15) is 6.33 Å². The van der Waals surface area contributed by atoms with Crippen LogP contribution in [0.2, 0.25) is 0 Å². The van der Waals surface area contributed by atoms with E-state index < -0.39 is 9.84 Å². The fraction of sp³-hybridized carbons (Fsp3) is 0.0769. The third-order valence-electron chi connectivity index (χ3n) is 2.88. The summed E-state index contributed by atoms with van der Waals surface area (Å²) in [5.41, 5.74) is 2.36. The van der Waals surface area contributed by atoms with E-state index in [1.54, 1.807) is 28.9 Å². The maximum Gasteiger partial charge on any atom is 0.175 e. The molecule has 2 heterocycles. The maximum atomic E-state index is 11.6. The quantitative estimate of drug-likeness (QED) is 0.714. The minimum atomic E-state index is -3.22. The summed E-state index contributed by atoms with van der Waals surface area (Å²) in [5.74, 6) is 0. The molecule has 0 amide bonds. The van der Waals surface area contributed by atoms with Gasteiger partial charge >= 0.3 is 0 Å². The molecule has 0 atom stereocenters. The first-order valence-corrected chi connectivity index (χ1v) is 7.54. The Morgan fingerprint density at radius 1 is 1.16 bits per heavy atom. The fourth-order valence-electron chi connectivity index (χ4n) is 1.97. The molecule has 3 aromatic rings. The van der Waals surface area contributed by atoms with Crippen molar-refractivity contribution in [3.63, 3.8) is 0 Å². The highest BCUT2D eigenvalue weighted by Gasteiger charge is 2.10. The molecule has 0 saturated heterocycles. The SMILES string of the molecule is CS(=O)(=O)c1cccc(-c2cccn3ncnc23)c1. The minimum absolute atomic E-state index is 0.298. The number of benzene rings is 1. The van der Waals surface area contributed by atoms with E-state index in [0.717, 1.165) is 11.1 Å². The lowest BCUT2D eigenvalue weighted by molar-refractivity contribution is 0.602. The molecule has 0 unspecified atom stereocenters. The van der Waals surface area contributed by atoms with Crippen molar-refractivity contribution in [3.8, 4) is 11.1 Å². The van der Waals surface area contributed by atoms with Gasteiger partial charge in [0.25, 0.3) is 0 Å². The summed E-state index contributed by atoms with van der Waals surface area (Å²) in [6.45, 7) is 0. The Kier molecular flexibility index (Phi) is 2.60. The Morgan fingerprint density at radius 3 is 2.79 bits per heavy atom. The third kappa shape index (κ3) is 2.10. The molecule has 0 N–H and O–H groups in total. The lowest BCUT2D eigenvalue weighted by atomic mass is 10.1. The lowest BCUT2D eigenvalue weighted by Gasteiger charge is -2.05. The highest BCUT2D eigenvalue weighted by atomic mass is 32.2. The van der Waals surface area contributed by atoms with E-state index in [9.17, 15) is 8.42 Å². The second kappa shape index (κ2) is 4.17. The number of hydrogen-bond donors (Lipinski definition) is 0. The number of fused-ring (bicyclic) bond motifs is 1. The van der Waals surface area contributed by atoms with Crippen LogP contribution in [-0.2, 0) is 9.84 Å². The number of aromatic nitrogens is 3. The van der Waals surface area contributed by atoms with Crippen LogP contribution >= 0.6 is 0 Å². The first kappa shape index (κ1) is 11.9. The molecule has 1 aromatic carbocycles. The summed E-state index contributed by atoms with van der Waals surface area (Å²) < 4.78 is 24.8. The van der Waals surface area contributed by atoms with Crippen molar-refractivity contribution in [1.29, 1.82) is 0 Å². The molecule has 0 spiro atoms. The Bertz CT molecular complexity index is 853. The van der Waals surface area contributed by atoms with Crippen molar-refractivity contribution >= 4 is 15.5 Å². The molecule has 5 nitrogen and oxygen atoms in total. The van der Waals surface area contributed by atoms with Crippen LogP contribution in [-0.4, -0.2) is 29.3 Å². The zero-order chi connectivity index (χ0) is 13.5. The van der Waals surface area contributed by atoms with Gasteiger partial charge in [-0.1, -0.05) is 12.1 Å². The van der Waals surface area contributed by atoms with E-state index in [-0.39, 0.29) is 0 Å². The van der Waals surface area contributed by atoms with Crippen LogP contribution in [0.25, 0.3) is 16.8 Å². The van der Waals surface area contributed by atoms with E-state index >= 15 is 0 Å². The van der Waals surface area contributed by atoms with E-state index in [0.29, 0.717) is 10.5 Å². The van der Waals surface area contributed by atoms with Crippen molar-refractivity contribution in [2.45, 2.75) is 4.90 Å². The summed E-state index contributed by atoms with van der Waals surface area (Å²) in [5, 5.41) is 4.06. The van der Waals surface area contributed by atoms with E-state index in [4.69, 9.17) is 0 Å². The van der Waals surface area contributed by atoms with Crippen LogP contribution in [0, 0.1) is 0 Å². The summed E-state index contributed by atoms with van der Waals surface area (Å²) in [6.07, 6.45) is 4.47. The largest absolute Gasteiger partial charge is 0.224 e. The Balaban J connectivity index is 2.25. The lowest BCUT2D eigenvalue weighted by Crippen LogP contribution is -1.97. The number of rotatable bonds is 2. The molecule has 0 aliphatic heterocycles. The van der Waals surface area contributed by atoms with E-state index in [2.05, 4.69) is 10.1 Å². The molecule has 6 heteroatoms. The first-order chi connectivity index (χ1) is 9.05. The van der Waals surface area contributed by atoms with Gasteiger partial charge in [-0.25, -0.2) is 17.9 Å². The molecule has 2 aromatic heterocycles. The van der Waals surface area contributed by atoms with Crippen LogP contribution in [0.1, 0.15) is 0 Å². The molecule has 0 aliphatic carbocycles. The summed E-state index contributed by atoms with van der Waals surface area (Å²) in [4.78, 5) is 4.49. The number of sulfone groups is 1. The standard InChI is InChI=1S/C13H11N3O2S/c1-19(17,18)11-5-2-4-10(8-11)12-6-3-7-16-13(12)14-9-15-16/h2-9H,1H3. The molecule has 19 heavy (non-hydrogen) atoms. The average Bonchev–Trinajstić information content (AvgIpc) is 2.86. The number of nitrogens with zero attached hydrogens (tertiary/aromatic N) is 3. The normalized spacial score (nSPS) is 11.8. The van der Waals surface area contributed by atoms with Gasteiger partial charge in [0.05, 0.1) is 4.90 Å². The van der Waals surface area contributed by atoms with Crippen molar-refractivity contribution in [2.75, 3.05) is 6.26 Å². The van der Waals surface area contributed by atoms with Gasteiger partial charge in [0.2, 0.25) is 0 Å². The molecule has 0 aliphatic rings. The fourth-order valence-corrected chi connectivity index (χ4v) is 2.63. The van der Waals surface area contributed by atoms with Crippen molar-refractivity contribution < 1.29 is 8.42 Å². The highest BCUT2D eigenvalue weighted by Crippen LogP contribution is 2.25. The van der Waals surface area contributed by atoms with Crippen molar-refractivity contribution in [2.24, 2.45) is 0 Å². The predicted molar refractivity (Wildman–Crippen MR) is 71.5 cm³/mol. The van der Waals surface area contributed by atoms with Crippen LogP contribution in [0.3, 0.4) is 0 Å². The average molecular weight is 273 g/mol. The summed E-state index contributed by atoms with van der Waals surface area (Å²) in [7, 11) is -3.22. The Labute approximate surface area is 110 Å². The maximum absolute atomic E-state index is 11.6. The van der Waals surface area contributed by atoms with Crippen molar-refractivity contribution in [3.05, 3.63) is 48.9 Å². The smallest absolute Gasteiger partial charge is 0.175 e. The second-order valence-electron chi connectivity index (χ2n) is 4.25. The predicted octanol–water partition coefficient (Wildman–Crippen LogP) is 1.80. The van der Waals surface area contributed by atoms with Gasteiger partial charge in [0.15, 0.2) is 15.5 Å². The van der Waals surface area contributed by atoms with Gasteiger partial charge in [-0.3, -0.25) is 0 Å². The van der Waals surface area contributed by atoms with E-state index in [1.165, 1.54) is 12.6 Å². The van der Waals surface area contributed by atoms with E-state index in [1.807, 2.05) is 18.2 Å². The van der Waals surface area contributed by atoms with Crippen LogP contribution in [0.5, 0.6) is 0 Å². The van der Waals surface area contributed by atoms with Gasteiger partial charge in [-0.2, -0.15) is 5.10 Å². The second-order valence-corrected chi connectivity index (χ2v) is 6.27. The molecule has 0 bridgehead atoms. The molecule has 0 fully saturated rings. The van der Waals surface area contributed by atoms with Crippen LogP contribution < -0.4 is 0 Å². The van der Waals surface area contributed by atoms with Crippen LogP contribution in [0.15, 0.2) is 53.8 Å².